The van der Waals surface area contributed by atoms with Gasteiger partial charge in [0.1, 0.15) is 6.26 Å². The maximum Gasteiger partial charge on any atom is 0.188 e. The Morgan fingerprint density at radius 2 is 2.30 bits per heavy atom. The number of rotatable bonds is 4. The lowest BCUT2D eigenvalue weighted by Crippen LogP contribution is -2.13. The van der Waals surface area contributed by atoms with Crippen molar-refractivity contribution in [3.8, 4) is 0 Å². The van der Waals surface area contributed by atoms with Gasteiger partial charge in [-0.15, -0.1) is 0 Å². The average molecular weight is 289 g/mol. The van der Waals surface area contributed by atoms with Crippen LogP contribution in [0.5, 0.6) is 0 Å². The van der Waals surface area contributed by atoms with Crippen molar-refractivity contribution in [1.82, 2.24) is 15.1 Å². The van der Waals surface area contributed by atoms with E-state index in [0.717, 1.165) is 42.0 Å². The normalized spacial score (nSPS) is 14.3. The van der Waals surface area contributed by atoms with Crippen LogP contribution in [0.3, 0.4) is 0 Å². The predicted molar refractivity (Wildman–Crippen MR) is 74.7 cm³/mol. The number of hydrogen-bond acceptors (Lipinski definition) is 6. The van der Waals surface area contributed by atoms with E-state index >= 15 is 0 Å². The molecule has 0 atom stereocenters. The largest absolute Gasteiger partial charge is 0.364 e. The molecular weight excluding hydrogens is 274 g/mol. The molecule has 2 aromatic rings. The lowest BCUT2D eigenvalue weighted by Gasteiger charge is -2.13. The summed E-state index contributed by atoms with van der Waals surface area (Å²) in [4.78, 5) is 20.5. The van der Waals surface area contributed by atoms with E-state index < -0.39 is 0 Å². The molecule has 0 radical (unpaired) electrons. The molecular formula is C14H15N3O2S. The van der Waals surface area contributed by atoms with Crippen LogP contribution >= 0.6 is 11.8 Å². The van der Waals surface area contributed by atoms with Gasteiger partial charge >= 0.3 is 0 Å². The number of nitrogens with zero attached hydrogens (tertiary/aromatic N) is 3. The van der Waals surface area contributed by atoms with E-state index in [1.807, 2.05) is 6.92 Å². The monoisotopic (exact) mass is 289 g/mol. The van der Waals surface area contributed by atoms with Crippen LogP contribution in [0.25, 0.3) is 0 Å². The van der Waals surface area contributed by atoms with Crippen molar-refractivity contribution in [2.24, 2.45) is 0 Å². The Bertz CT molecular complexity index is 639. The van der Waals surface area contributed by atoms with Crippen molar-refractivity contribution in [1.29, 1.82) is 0 Å². The Kier molecular flexibility index (Phi) is 3.82. The third kappa shape index (κ3) is 2.60. The quantitative estimate of drug-likeness (QED) is 0.637. The minimum Gasteiger partial charge on any atom is -0.364 e. The van der Waals surface area contributed by atoms with Crippen LogP contribution in [-0.2, 0) is 18.6 Å². The van der Waals surface area contributed by atoms with Gasteiger partial charge in [0.05, 0.1) is 17.0 Å². The molecule has 20 heavy (non-hydrogen) atoms. The lowest BCUT2D eigenvalue weighted by molar-refractivity contribution is 0.0970. The second kappa shape index (κ2) is 5.75. The molecule has 2 heterocycles. The summed E-state index contributed by atoms with van der Waals surface area (Å²) in [7, 11) is 0. The molecule has 0 amide bonds. The van der Waals surface area contributed by atoms with Gasteiger partial charge in [0, 0.05) is 23.9 Å². The number of hydrogen-bond donors (Lipinski definition) is 0. The molecule has 0 bridgehead atoms. The number of ketones is 1. The molecule has 1 aliphatic carbocycles. The van der Waals surface area contributed by atoms with Crippen LogP contribution < -0.4 is 0 Å². The maximum atomic E-state index is 11.7. The average Bonchev–Trinajstić information content (AvgIpc) is 2.92. The van der Waals surface area contributed by atoms with E-state index in [1.165, 1.54) is 0 Å². The van der Waals surface area contributed by atoms with E-state index in [-0.39, 0.29) is 5.78 Å². The van der Waals surface area contributed by atoms with Crippen molar-refractivity contribution < 1.29 is 9.32 Å². The fraction of sp³-hybridized carbons (Fsp3) is 0.429. The molecule has 0 spiro atoms. The second-order valence-corrected chi connectivity index (χ2v) is 5.66. The van der Waals surface area contributed by atoms with Gasteiger partial charge in [-0.1, -0.05) is 23.8 Å². The number of thioether (sulfide) groups is 1. The Morgan fingerprint density at radius 3 is 3.15 bits per heavy atom. The molecule has 0 saturated carbocycles. The Labute approximate surface area is 121 Å². The van der Waals surface area contributed by atoms with Crippen LogP contribution in [-0.4, -0.2) is 20.9 Å². The SMILES string of the molecule is CCc1nocc1CSc1ncc2c(n1)CCCC2=O. The highest BCUT2D eigenvalue weighted by atomic mass is 32.2. The Hall–Kier alpha value is -1.69. The second-order valence-electron chi connectivity index (χ2n) is 4.72. The number of carbonyl (C=O) groups excluding carboxylic acids is 1. The van der Waals surface area contributed by atoms with Gasteiger partial charge in [0.15, 0.2) is 10.9 Å². The van der Waals surface area contributed by atoms with Crippen LogP contribution in [0.2, 0.25) is 0 Å². The lowest BCUT2D eigenvalue weighted by atomic mass is 9.96. The van der Waals surface area contributed by atoms with Gasteiger partial charge in [0.2, 0.25) is 0 Å². The first-order valence-corrected chi connectivity index (χ1v) is 7.70. The molecule has 1 aliphatic rings. The summed E-state index contributed by atoms with van der Waals surface area (Å²) in [6.45, 7) is 2.05. The zero-order chi connectivity index (χ0) is 13.9. The third-order valence-corrected chi connectivity index (χ3v) is 4.29. The summed E-state index contributed by atoms with van der Waals surface area (Å²) in [6, 6.07) is 0. The van der Waals surface area contributed by atoms with Gasteiger partial charge in [-0.25, -0.2) is 9.97 Å². The number of aromatic nitrogens is 3. The van der Waals surface area contributed by atoms with Gasteiger partial charge < -0.3 is 4.52 Å². The summed E-state index contributed by atoms with van der Waals surface area (Å²) in [5, 5.41) is 4.66. The molecule has 0 N–H and O–H groups in total. The highest BCUT2D eigenvalue weighted by Crippen LogP contribution is 2.25. The van der Waals surface area contributed by atoms with Crippen LogP contribution in [0.15, 0.2) is 22.1 Å². The van der Waals surface area contributed by atoms with E-state index in [2.05, 4.69) is 15.1 Å². The minimum absolute atomic E-state index is 0.162. The number of carbonyl (C=O) groups is 1. The van der Waals surface area contributed by atoms with Gasteiger partial charge in [-0.2, -0.15) is 0 Å². The van der Waals surface area contributed by atoms with E-state index in [9.17, 15) is 4.79 Å². The van der Waals surface area contributed by atoms with Crippen molar-refractivity contribution in [2.75, 3.05) is 0 Å². The smallest absolute Gasteiger partial charge is 0.188 e. The molecule has 104 valence electrons. The van der Waals surface area contributed by atoms with E-state index in [1.54, 1.807) is 24.2 Å². The number of fused-ring (bicyclic) bond motifs is 1. The van der Waals surface area contributed by atoms with Crippen molar-refractivity contribution in [3.05, 3.63) is 35.0 Å². The van der Waals surface area contributed by atoms with Gasteiger partial charge in [-0.3, -0.25) is 4.79 Å². The summed E-state index contributed by atoms with van der Waals surface area (Å²) < 4.78 is 4.98. The first-order chi connectivity index (χ1) is 9.78. The molecule has 0 aliphatic heterocycles. The maximum absolute atomic E-state index is 11.7. The molecule has 6 heteroatoms. The van der Waals surface area contributed by atoms with Crippen LogP contribution in [0.4, 0.5) is 0 Å². The van der Waals surface area contributed by atoms with Crippen LogP contribution in [0, 0.1) is 0 Å². The molecule has 0 unspecified atom stereocenters. The molecule has 5 nitrogen and oxygen atoms in total. The highest BCUT2D eigenvalue weighted by molar-refractivity contribution is 7.98. The molecule has 3 rings (SSSR count). The number of Topliss-reactive ketones (excluding diaryl/α,β-unsaturated/α-hetero) is 1. The van der Waals surface area contributed by atoms with Crippen molar-refractivity contribution in [2.45, 2.75) is 43.5 Å². The highest BCUT2D eigenvalue weighted by Gasteiger charge is 2.19. The summed E-state index contributed by atoms with van der Waals surface area (Å²) in [5.41, 5.74) is 3.64. The standard InChI is InChI=1S/C14H15N3O2S/c1-2-11-9(7-19-17-11)8-20-14-15-6-10-12(16-14)4-3-5-13(10)18/h6-7H,2-5,8H2,1H3. The molecule has 0 aromatic carbocycles. The first-order valence-electron chi connectivity index (χ1n) is 6.72. The topological polar surface area (TPSA) is 68.9 Å². The summed E-state index contributed by atoms with van der Waals surface area (Å²) in [5.74, 6) is 0.898. The third-order valence-electron chi connectivity index (χ3n) is 3.38. The summed E-state index contributed by atoms with van der Waals surface area (Å²) in [6.07, 6.45) is 6.56. The zero-order valence-electron chi connectivity index (χ0n) is 11.3. The van der Waals surface area contributed by atoms with Gasteiger partial charge in [0.25, 0.3) is 0 Å². The summed E-state index contributed by atoms with van der Waals surface area (Å²) >= 11 is 1.55. The fourth-order valence-electron chi connectivity index (χ4n) is 2.27. The Morgan fingerprint density at radius 1 is 1.40 bits per heavy atom. The van der Waals surface area contributed by atoms with E-state index in [4.69, 9.17) is 4.52 Å². The molecule has 0 saturated heterocycles. The fourth-order valence-corrected chi connectivity index (χ4v) is 3.10. The molecule has 0 fully saturated rings. The van der Waals surface area contributed by atoms with Crippen molar-refractivity contribution >= 4 is 17.5 Å². The Balaban J connectivity index is 1.74. The van der Waals surface area contributed by atoms with Crippen molar-refractivity contribution in [3.63, 3.8) is 0 Å². The first kappa shape index (κ1) is 13.3. The van der Waals surface area contributed by atoms with Crippen LogP contribution in [0.1, 0.15) is 47.1 Å². The van der Waals surface area contributed by atoms with E-state index in [0.29, 0.717) is 17.1 Å². The minimum atomic E-state index is 0.162. The predicted octanol–water partition coefficient (Wildman–Crippen LogP) is 2.84. The molecule has 2 aromatic heterocycles. The van der Waals surface area contributed by atoms with Gasteiger partial charge in [-0.05, 0) is 19.3 Å². The number of aryl methyl sites for hydroxylation is 2. The zero-order valence-corrected chi connectivity index (χ0v) is 12.1.